The van der Waals surface area contributed by atoms with E-state index in [4.69, 9.17) is 9.47 Å². The largest absolute Gasteiger partial charge is 0.501 e. The van der Waals surface area contributed by atoms with Crippen molar-refractivity contribution in [2.75, 3.05) is 19.8 Å². The molecule has 1 rings (SSSR count). The maximum absolute atomic E-state index is 5.26. The van der Waals surface area contributed by atoms with Gasteiger partial charge in [0.05, 0.1) is 26.1 Å². The van der Waals surface area contributed by atoms with Crippen LogP contribution in [-0.2, 0) is 9.47 Å². The van der Waals surface area contributed by atoms with E-state index < -0.39 is 0 Å². The van der Waals surface area contributed by atoms with Crippen molar-refractivity contribution in [3.63, 3.8) is 0 Å². The van der Waals surface area contributed by atoms with E-state index in [0.717, 1.165) is 19.8 Å². The van der Waals surface area contributed by atoms with Crippen molar-refractivity contribution in [2.45, 2.75) is 13.8 Å². The average molecular weight is 142 g/mol. The van der Waals surface area contributed by atoms with Crippen LogP contribution in [0.5, 0.6) is 0 Å². The van der Waals surface area contributed by atoms with Gasteiger partial charge in [-0.3, -0.25) is 0 Å². The van der Waals surface area contributed by atoms with E-state index in [9.17, 15) is 0 Å². The Hall–Kier alpha value is -0.500. The summed E-state index contributed by atoms with van der Waals surface area (Å²) in [6, 6.07) is 0. The van der Waals surface area contributed by atoms with Crippen LogP contribution in [0.15, 0.2) is 11.8 Å². The van der Waals surface area contributed by atoms with Crippen LogP contribution in [0.2, 0.25) is 0 Å². The first-order chi connectivity index (χ1) is 4.79. The smallest absolute Gasteiger partial charge is 0.0945 e. The van der Waals surface area contributed by atoms with Gasteiger partial charge < -0.3 is 9.47 Å². The Kier molecular flexibility index (Phi) is 2.75. The zero-order valence-corrected chi connectivity index (χ0v) is 6.59. The summed E-state index contributed by atoms with van der Waals surface area (Å²) in [5.74, 6) is 0.635. The fourth-order valence-electron chi connectivity index (χ4n) is 0.732. The molecule has 0 aromatic carbocycles. The van der Waals surface area contributed by atoms with Gasteiger partial charge in [0.15, 0.2) is 0 Å². The van der Waals surface area contributed by atoms with Gasteiger partial charge in [0.1, 0.15) is 0 Å². The van der Waals surface area contributed by atoms with Crippen molar-refractivity contribution in [1.29, 1.82) is 0 Å². The van der Waals surface area contributed by atoms with Crippen molar-refractivity contribution < 1.29 is 9.47 Å². The summed E-state index contributed by atoms with van der Waals surface area (Å²) in [5.41, 5.74) is 1.21. The highest BCUT2D eigenvalue weighted by Gasteiger charge is 2.17. The Morgan fingerprint density at radius 2 is 2.30 bits per heavy atom. The van der Waals surface area contributed by atoms with Crippen LogP contribution in [0.25, 0.3) is 0 Å². The van der Waals surface area contributed by atoms with Gasteiger partial charge in [0.25, 0.3) is 0 Å². The van der Waals surface area contributed by atoms with Gasteiger partial charge >= 0.3 is 0 Å². The van der Waals surface area contributed by atoms with Crippen molar-refractivity contribution in [2.24, 2.45) is 5.92 Å². The predicted octanol–water partition coefficient (Wildman–Crippen LogP) is 1.57. The molecule has 1 saturated heterocycles. The molecule has 1 heterocycles. The van der Waals surface area contributed by atoms with Crippen molar-refractivity contribution in [1.82, 2.24) is 0 Å². The van der Waals surface area contributed by atoms with Crippen LogP contribution in [0.3, 0.4) is 0 Å². The summed E-state index contributed by atoms with van der Waals surface area (Å²) in [5, 5.41) is 0. The third-order valence-corrected chi connectivity index (χ3v) is 1.36. The van der Waals surface area contributed by atoms with Crippen LogP contribution in [0.1, 0.15) is 13.8 Å². The second-order valence-corrected chi connectivity index (χ2v) is 2.93. The van der Waals surface area contributed by atoms with Gasteiger partial charge in [-0.1, -0.05) is 0 Å². The first-order valence-electron chi connectivity index (χ1n) is 3.62. The highest BCUT2D eigenvalue weighted by molar-refractivity contribution is 4.86. The molecule has 2 nitrogen and oxygen atoms in total. The SMILES string of the molecule is CC(C)=COCC1COC1. The third kappa shape index (κ3) is 2.40. The Bertz CT molecular complexity index is 121. The maximum atomic E-state index is 5.26. The minimum Gasteiger partial charge on any atom is -0.501 e. The van der Waals surface area contributed by atoms with Gasteiger partial charge in [-0.25, -0.2) is 0 Å². The lowest BCUT2D eigenvalue weighted by Crippen LogP contribution is -2.30. The second-order valence-electron chi connectivity index (χ2n) is 2.93. The van der Waals surface area contributed by atoms with E-state index in [2.05, 4.69) is 0 Å². The molecule has 0 spiro atoms. The normalized spacial score (nSPS) is 17.8. The molecule has 0 atom stereocenters. The minimum atomic E-state index is 0.635. The van der Waals surface area contributed by atoms with Crippen LogP contribution in [-0.4, -0.2) is 19.8 Å². The van der Waals surface area contributed by atoms with Gasteiger partial charge in [-0.2, -0.15) is 0 Å². The zero-order chi connectivity index (χ0) is 7.40. The molecule has 0 radical (unpaired) electrons. The topological polar surface area (TPSA) is 18.5 Å². The van der Waals surface area contributed by atoms with Crippen molar-refractivity contribution in [3.05, 3.63) is 11.8 Å². The quantitative estimate of drug-likeness (QED) is 0.557. The molecular weight excluding hydrogens is 128 g/mol. The molecular formula is C8H14O2. The molecule has 0 aromatic rings. The molecule has 0 amide bonds. The molecule has 1 aliphatic heterocycles. The van der Waals surface area contributed by atoms with E-state index in [1.807, 2.05) is 13.8 Å². The van der Waals surface area contributed by atoms with Gasteiger partial charge in [-0.05, 0) is 19.4 Å². The fraction of sp³-hybridized carbons (Fsp3) is 0.750. The van der Waals surface area contributed by atoms with Gasteiger partial charge in [0.2, 0.25) is 0 Å². The van der Waals surface area contributed by atoms with E-state index in [1.54, 1.807) is 6.26 Å². The molecule has 0 bridgehead atoms. The summed E-state index contributed by atoms with van der Waals surface area (Å²) in [6.45, 7) is 6.60. The molecule has 0 aromatic heterocycles. The standard InChI is InChI=1S/C8H14O2/c1-7(2)3-9-4-8-5-10-6-8/h3,8H,4-6H2,1-2H3. The summed E-state index contributed by atoms with van der Waals surface area (Å²) >= 11 is 0. The van der Waals surface area contributed by atoms with E-state index in [0.29, 0.717) is 5.92 Å². The van der Waals surface area contributed by atoms with Crippen LogP contribution in [0.4, 0.5) is 0 Å². The highest BCUT2D eigenvalue weighted by atomic mass is 16.5. The van der Waals surface area contributed by atoms with Gasteiger partial charge in [-0.15, -0.1) is 0 Å². The summed E-state index contributed by atoms with van der Waals surface area (Å²) < 4.78 is 10.2. The van der Waals surface area contributed by atoms with E-state index in [-0.39, 0.29) is 0 Å². The molecule has 2 heteroatoms. The number of allylic oxidation sites excluding steroid dienone is 1. The first-order valence-corrected chi connectivity index (χ1v) is 3.62. The van der Waals surface area contributed by atoms with Crippen molar-refractivity contribution >= 4 is 0 Å². The highest BCUT2D eigenvalue weighted by Crippen LogP contribution is 2.09. The molecule has 0 N–H and O–H groups in total. The minimum absolute atomic E-state index is 0.635. The molecule has 0 aliphatic carbocycles. The van der Waals surface area contributed by atoms with Crippen molar-refractivity contribution in [3.8, 4) is 0 Å². The van der Waals surface area contributed by atoms with Crippen LogP contribution < -0.4 is 0 Å². The Morgan fingerprint density at radius 3 is 2.70 bits per heavy atom. The number of hydrogen-bond acceptors (Lipinski definition) is 2. The lowest BCUT2D eigenvalue weighted by molar-refractivity contribution is -0.0580. The fourth-order valence-corrected chi connectivity index (χ4v) is 0.732. The Labute approximate surface area is 61.8 Å². The number of hydrogen-bond donors (Lipinski definition) is 0. The Balaban J connectivity index is 1.99. The number of rotatable bonds is 3. The van der Waals surface area contributed by atoms with E-state index in [1.165, 1.54) is 5.57 Å². The molecule has 0 unspecified atom stereocenters. The summed E-state index contributed by atoms with van der Waals surface area (Å²) in [7, 11) is 0. The third-order valence-electron chi connectivity index (χ3n) is 1.36. The average Bonchev–Trinajstić information content (AvgIpc) is 1.75. The molecule has 58 valence electrons. The molecule has 1 fully saturated rings. The Morgan fingerprint density at radius 1 is 1.60 bits per heavy atom. The van der Waals surface area contributed by atoms with Crippen LogP contribution in [0, 0.1) is 5.92 Å². The molecule has 1 aliphatic rings. The zero-order valence-electron chi connectivity index (χ0n) is 6.59. The summed E-state index contributed by atoms with van der Waals surface area (Å²) in [6.07, 6.45) is 1.80. The van der Waals surface area contributed by atoms with Gasteiger partial charge in [0, 0.05) is 5.92 Å². The molecule has 0 saturated carbocycles. The monoisotopic (exact) mass is 142 g/mol. The lowest BCUT2D eigenvalue weighted by atomic mass is 10.1. The second kappa shape index (κ2) is 3.62. The molecule has 10 heavy (non-hydrogen) atoms. The maximum Gasteiger partial charge on any atom is 0.0945 e. The summed E-state index contributed by atoms with van der Waals surface area (Å²) in [4.78, 5) is 0. The lowest BCUT2D eigenvalue weighted by Gasteiger charge is -2.24. The first kappa shape index (κ1) is 7.61. The van der Waals surface area contributed by atoms with E-state index >= 15 is 0 Å². The van der Waals surface area contributed by atoms with Crippen LogP contribution >= 0.6 is 0 Å². The predicted molar refractivity (Wildman–Crippen MR) is 39.7 cm³/mol. The number of ether oxygens (including phenoxy) is 2.